The summed E-state index contributed by atoms with van der Waals surface area (Å²) >= 11 is 0. The number of imidazole rings is 1. The highest BCUT2D eigenvalue weighted by atomic mass is 16.1. The summed E-state index contributed by atoms with van der Waals surface area (Å²) in [6.07, 6.45) is 11.8. The van der Waals surface area contributed by atoms with Crippen molar-refractivity contribution in [3.8, 4) is 0 Å². The first-order chi connectivity index (χ1) is 9.78. The second kappa shape index (κ2) is 5.69. The van der Waals surface area contributed by atoms with E-state index in [1.54, 1.807) is 9.13 Å². The van der Waals surface area contributed by atoms with E-state index in [0.717, 1.165) is 18.7 Å². The van der Waals surface area contributed by atoms with Crippen LogP contribution in [0.4, 0.5) is 0 Å². The minimum absolute atomic E-state index is 0.0577. The summed E-state index contributed by atoms with van der Waals surface area (Å²) < 4.78 is 5.57. The molecule has 0 aliphatic heterocycles. The van der Waals surface area contributed by atoms with Crippen molar-refractivity contribution in [2.45, 2.75) is 58.2 Å². The first kappa shape index (κ1) is 13.2. The molecule has 20 heavy (non-hydrogen) atoms. The highest BCUT2D eigenvalue weighted by Crippen LogP contribution is 2.28. The molecule has 0 unspecified atom stereocenters. The summed E-state index contributed by atoms with van der Waals surface area (Å²) in [5.74, 6) is 0. The fourth-order valence-electron chi connectivity index (χ4n) is 2.99. The van der Waals surface area contributed by atoms with Crippen LogP contribution in [0, 0.1) is 0 Å². The Bertz CT molecular complexity index is 616. The van der Waals surface area contributed by atoms with Gasteiger partial charge in [-0.2, -0.15) is 5.10 Å². The molecule has 0 aromatic carbocycles. The van der Waals surface area contributed by atoms with Crippen molar-refractivity contribution in [2.24, 2.45) is 0 Å². The summed E-state index contributed by atoms with van der Waals surface area (Å²) in [5, 5.41) is 4.63. The molecule has 5 heteroatoms. The van der Waals surface area contributed by atoms with Crippen LogP contribution in [0.15, 0.2) is 29.5 Å². The van der Waals surface area contributed by atoms with Crippen LogP contribution in [-0.2, 0) is 13.1 Å². The van der Waals surface area contributed by atoms with E-state index in [-0.39, 0.29) is 5.69 Å². The number of hydrogen-bond donors (Lipinski definition) is 0. The third kappa shape index (κ3) is 2.57. The van der Waals surface area contributed by atoms with Crippen molar-refractivity contribution in [1.29, 1.82) is 0 Å². The van der Waals surface area contributed by atoms with Gasteiger partial charge < -0.3 is 0 Å². The van der Waals surface area contributed by atoms with E-state index in [4.69, 9.17) is 0 Å². The number of hydrogen-bond acceptors (Lipinski definition) is 2. The highest BCUT2D eigenvalue weighted by molar-refractivity contribution is 5.02. The molecule has 1 saturated carbocycles. The van der Waals surface area contributed by atoms with Crippen molar-refractivity contribution in [2.75, 3.05) is 0 Å². The van der Waals surface area contributed by atoms with Gasteiger partial charge >= 0.3 is 5.69 Å². The lowest BCUT2D eigenvalue weighted by molar-refractivity contribution is 0.461. The fraction of sp³-hybridized carbons (Fsp3) is 0.600. The number of aromatic nitrogens is 4. The third-order valence-electron chi connectivity index (χ3n) is 4.08. The maximum atomic E-state index is 12.1. The highest BCUT2D eigenvalue weighted by Gasteiger charge is 2.17. The monoisotopic (exact) mass is 274 g/mol. The average Bonchev–Trinajstić information content (AvgIpc) is 3.15. The van der Waals surface area contributed by atoms with Crippen molar-refractivity contribution < 1.29 is 0 Å². The van der Waals surface area contributed by atoms with Crippen LogP contribution in [-0.4, -0.2) is 18.9 Å². The average molecular weight is 274 g/mol. The maximum absolute atomic E-state index is 12.1. The first-order valence-corrected chi connectivity index (χ1v) is 7.57. The summed E-state index contributed by atoms with van der Waals surface area (Å²) in [4.78, 5) is 12.1. The Labute approximate surface area is 118 Å². The third-order valence-corrected chi connectivity index (χ3v) is 4.08. The molecule has 0 saturated heterocycles. The van der Waals surface area contributed by atoms with Gasteiger partial charge in [0.1, 0.15) is 0 Å². The fourth-order valence-corrected chi connectivity index (χ4v) is 2.99. The molecule has 0 amide bonds. The van der Waals surface area contributed by atoms with Crippen LogP contribution in [0.3, 0.4) is 0 Å². The minimum Gasteiger partial charge on any atom is -0.299 e. The Hall–Kier alpha value is -1.78. The molecular formula is C15H22N4O. The topological polar surface area (TPSA) is 44.8 Å². The Morgan fingerprint density at radius 2 is 1.95 bits per heavy atom. The Kier molecular flexibility index (Phi) is 3.76. The number of aryl methyl sites for hydroxylation is 1. The summed E-state index contributed by atoms with van der Waals surface area (Å²) in [7, 11) is 0. The SMILES string of the molecule is CCCn1ccn(Cc2ccn(C3CCCC3)n2)c1=O. The van der Waals surface area contributed by atoms with E-state index in [0.29, 0.717) is 12.6 Å². The molecule has 1 fully saturated rings. The Morgan fingerprint density at radius 1 is 1.20 bits per heavy atom. The van der Waals surface area contributed by atoms with Gasteiger partial charge in [0.15, 0.2) is 0 Å². The predicted molar refractivity (Wildman–Crippen MR) is 77.8 cm³/mol. The molecule has 0 spiro atoms. The van der Waals surface area contributed by atoms with E-state index in [9.17, 15) is 4.79 Å². The largest absolute Gasteiger partial charge is 0.328 e. The van der Waals surface area contributed by atoms with Crippen LogP contribution in [0.2, 0.25) is 0 Å². The Morgan fingerprint density at radius 3 is 2.70 bits per heavy atom. The van der Waals surface area contributed by atoms with Crippen molar-refractivity contribution in [3.05, 3.63) is 40.8 Å². The summed E-state index contributed by atoms with van der Waals surface area (Å²) in [6.45, 7) is 3.42. The molecule has 2 heterocycles. The summed E-state index contributed by atoms with van der Waals surface area (Å²) in [5.41, 5.74) is 1.02. The second-order valence-corrected chi connectivity index (χ2v) is 5.63. The molecule has 1 aliphatic rings. The molecule has 0 atom stereocenters. The van der Waals surface area contributed by atoms with Crippen molar-refractivity contribution >= 4 is 0 Å². The Balaban J connectivity index is 1.73. The predicted octanol–water partition coefficient (Wildman–Crippen LogP) is 2.42. The number of nitrogens with zero attached hydrogens (tertiary/aromatic N) is 4. The molecule has 1 aliphatic carbocycles. The van der Waals surface area contributed by atoms with Crippen LogP contribution < -0.4 is 5.69 Å². The van der Waals surface area contributed by atoms with Gasteiger partial charge in [0, 0.05) is 25.1 Å². The smallest absolute Gasteiger partial charge is 0.299 e. The normalized spacial score (nSPS) is 16.1. The van der Waals surface area contributed by atoms with Gasteiger partial charge in [0.25, 0.3) is 0 Å². The lowest BCUT2D eigenvalue weighted by Crippen LogP contribution is -2.24. The zero-order chi connectivity index (χ0) is 13.9. The second-order valence-electron chi connectivity index (χ2n) is 5.63. The maximum Gasteiger partial charge on any atom is 0.328 e. The van der Waals surface area contributed by atoms with Gasteiger partial charge in [0.2, 0.25) is 0 Å². The van der Waals surface area contributed by atoms with Gasteiger partial charge in [-0.15, -0.1) is 0 Å². The lowest BCUT2D eigenvalue weighted by Gasteiger charge is -2.08. The molecule has 108 valence electrons. The van der Waals surface area contributed by atoms with E-state index in [1.165, 1.54) is 25.7 Å². The molecule has 0 bridgehead atoms. The molecule has 2 aromatic rings. The van der Waals surface area contributed by atoms with E-state index >= 15 is 0 Å². The molecular weight excluding hydrogens is 252 g/mol. The zero-order valence-corrected chi connectivity index (χ0v) is 12.0. The molecule has 5 nitrogen and oxygen atoms in total. The minimum atomic E-state index is 0.0577. The van der Waals surface area contributed by atoms with Crippen LogP contribution in [0.25, 0.3) is 0 Å². The van der Waals surface area contributed by atoms with Gasteiger partial charge in [0.05, 0.1) is 18.3 Å². The number of rotatable bonds is 5. The van der Waals surface area contributed by atoms with Gasteiger partial charge in [-0.1, -0.05) is 19.8 Å². The van der Waals surface area contributed by atoms with Crippen LogP contribution in [0.1, 0.15) is 50.8 Å². The molecule has 2 aromatic heterocycles. The van der Waals surface area contributed by atoms with Crippen molar-refractivity contribution in [1.82, 2.24) is 18.9 Å². The molecule has 0 radical (unpaired) electrons. The van der Waals surface area contributed by atoms with Gasteiger partial charge in [-0.25, -0.2) is 4.79 Å². The molecule has 3 rings (SSSR count). The van der Waals surface area contributed by atoms with Crippen LogP contribution >= 0.6 is 0 Å². The van der Waals surface area contributed by atoms with Crippen molar-refractivity contribution in [3.63, 3.8) is 0 Å². The zero-order valence-electron chi connectivity index (χ0n) is 12.0. The van der Waals surface area contributed by atoms with E-state index in [2.05, 4.69) is 22.9 Å². The van der Waals surface area contributed by atoms with E-state index < -0.39 is 0 Å². The molecule has 0 N–H and O–H groups in total. The quantitative estimate of drug-likeness (QED) is 0.840. The van der Waals surface area contributed by atoms with Crippen LogP contribution in [0.5, 0.6) is 0 Å². The van der Waals surface area contributed by atoms with Gasteiger partial charge in [-0.3, -0.25) is 13.8 Å². The first-order valence-electron chi connectivity index (χ1n) is 7.57. The standard InChI is InChI=1S/C15H22N4O/c1-2-8-17-10-11-18(15(17)20)12-13-7-9-19(16-13)14-5-3-4-6-14/h7,9-11,14H,2-6,8,12H2,1H3. The lowest BCUT2D eigenvalue weighted by atomic mass is 10.3. The summed E-state index contributed by atoms with van der Waals surface area (Å²) in [6, 6.07) is 2.59. The van der Waals surface area contributed by atoms with Gasteiger partial charge in [-0.05, 0) is 25.3 Å². The van der Waals surface area contributed by atoms with E-state index in [1.807, 2.05) is 18.5 Å².